The minimum Gasteiger partial charge on any atom is -0.481 e. The molecule has 0 saturated carbocycles. The fourth-order valence-corrected chi connectivity index (χ4v) is 3.75. The third-order valence-electron chi connectivity index (χ3n) is 5.41. The van der Waals surface area contributed by atoms with E-state index in [0.717, 1.165) is 13.0 Å². The second-order valence-electron chi connectivity index (χ2n) is 7.86. The van der Waals surface area contributed by atoms with Crippen molar-refractivity contribution >= 4 is 41.4 Å². The number of carboxylic acids is 2. The molecule has 1 rings (SSSR count). The molecule has 182 valence electrons. The van der Waals surface area contributed by atoms with Gasteiger partial charge in [-0.1, -0.05) is 20.3 Å². The molecule has 11 nitrogen and oxygen atoms in total. The monoisotopic (exact) mass is 474 g/mol. The van der Waals surface area contributed by atoms with E-state index in [9.17, 15) is 29.1 Å². The van der Waals surface area contributed by atoms with E-state index in [1.54, 1.807) is 0 Å². The van der Waals surface area contributed by atoms with Crippen LogP contribution >= 0.6 is 11.8 Å². The third kappa shape index (κ3) is 9.03. The SMILES string of the molecule is CCC(C)C(NC(=O)C1CCCN1)C(=O)NC(CCSC)C(=O)NC(CC(=O)O)C(=O)O. The minimum absolute atomic E-state index is 0.205. The number of amides is 3. The highest BCUT2D eigenvalue weighted by molar-refractivity contribution is 7.98. The largest absolute Gasteiger partial charge is 0.481 e. The van der Waals surface area contributed by atoms with Crippen molar-refractivity contribution in [3.8, 4) is 0 Å². The molecule has 1 heterocycles. The van der Waals surface area contributed by atoms with E-state index in [1.807, 2.05) is 20.1 Å². The van der Waals surface area contributed by atoms with Crippen LogP contribution in [0, 0.1) is 5.92 Å². The summed E-state index contributed by atoms with van der Waals surface area (Å²) >= 11 is 1.44. The maximum Gasteiger partial charge on any atom is 0.326 e. The van der Waals surface area contributed by atoms with Crippen molar-refractivity contribution in [2.45, 2.75) is 70.1 Å². The Labute approximate surface area is 191 Å². The molecule has 0 radical (unpaired) electrons. The van der Waals surface area contributed by atoms with E-state index >= 15 is 0 Å². The number of carboxylic acid groups (broad SMARTS) is 2. The van der Waals surface area contributed by atoms with Crippen molar-refractivity contribution in [2.75, 3.05) is 18.6 Å². The number of thioether (sulfide) groups is 1. The molecule has 1 aliphatic rings. The van der Waals surface area contributed by atoms with Gasteiger partial charge in [0, 0.05) is 0 Å². The van der Waals surface area contributed by atoms with E-state index in [0.29, 0.717) is 18.6 Å². The van der Waals surface area contributed by atoms with Crippen LogP contribution < -0.4 is 21.3 Å². The Hall–Kier alpha value is -2.34. The zero-order valence-electron chi connectivity index (χ0n) is 18.7. The number of carbonyl (C=O) groups excluding carboxylic acids is 3. The lowest BCUT2D eigenvalue weighted by Crippen LogP contribution is -2.58. The smallest absolute Gasteiger partial charge is 0.326 e. The van der Waals surface area contributed by atoms with Crippen molar-refractivity contribution in [1.82, 2.24) is 21.3 Å². The fourth-order valence-electron chi connectivity index (χ4n) is 3.28. The Morgan fingerprint density at radius 2 is 1.72 bits per heavy atom. The summed E-state index contributed by atoms with van der Waals surface area (Å²) in [5, 5.41) is 28.7. The van der Waals surface area contributed by atoms with Crippen LogP contribution in [-0.4, -0.2) is 82.6 Å². The first-order valence-corrected chi connectivity index (χ1v) is 12.1. The first kappa shape index (κ1) is 27.7. The Morgan fingerprint density at radius 1 is 1.06 bits per heavy atom. The van der Waals surface area contributed by atoms with E-state index in [-0.39, 0.29) is 24.3 Å². The van der Waals surface area contributed by atoms with Gasteiger partial charge in [0.1, 0.15) is 18.1 Å². The molecule has 32 heavy (non-hydrogen) atoms. The number of nitrogens with one attached hydrogen (secondary N) is 4. The van der Waals surface area contributed by atoms with Gasteiger partial charge >= 0.3 is 11.9 Å². The Morgan fingerprint density at radius 3 is 2.22 bits per heavy atom. The van der Waals surface area contributed by atoms with Gasteiger partial charge in [-0.3, -0.25) is 19.2 Å². The van der Waals surface area contributed by atoms with Crippen LogP contribution in [0.3, 0.4) is 0 Å². The van der Waals surface area contributed by atoms with Crippen LogP contribution in [0.15, 0.2) is 0 Å². The van der Waals surface area contributed by atoms with Crippen molar-refractivity contribution in [3.63, 3.8) is 0 Å². The standard InChI is InChI=1S/C20H34N4O7S/c1-4-11(2)16(24-17(27)12-6-5-8-21-12)19(29)22-13(7-9-32-3)18(28)23-14(20(30)31)10-15(25)26/h11-14,16,21H,4-10H2,1-3H3,(H,22,29)(H,23,28)(H,24,27)(H,25,26)(H,30,31). The average molecular weight is 475 g/mol. The third-order valence-corrected chi connectivity index (χ3v) is 6.05. The molecule has 1 aliphatic heterocycles. The normalized spacial score (nSPS) is 19.3. The lowest BCUT2D eigenvalue weighted by atomic mass is 9.97. The van der Waals surface area contributed by atoms with Crippen LogP contribution in [0.5, 0.6) is 0 Å². The molecule has 0 aromatic rings. The van der Waals surface area contributed by atoms with Crippen molar-refractivity contribution in [2.24, 2.45) is 5.92 Å². The highest BCUT2D eigenvalue weighted by Crippen LogP contribution is 2.12. The van der Waals surface area contributed by atoms with Gasteiger partial charge in [-0.05, 0) is 43.7 Å². The van der Waals surface area contributed by atoms with E-state index in [4.69, 9.17) is 5.11 Å². The highest BCUT2D eigenvalue weighted by Gasteiger charge is 2.33. The van der Waals surface area contributed by atoms with Gasteiger partial charge in [-0.2, -0.15) is 11.8 Å². The molecule has 1 fully saturated rings. The van der Waals surface area contributed by atoms with Crippen LogP contribution in [0.2, 0.25) is 0 Å². The van der Waals surface area contributed by atoms with Crippen molar-refractivity contribution in [1.29, 1.82) is 0 Å². The first-order chi connectivity index (χ1) is 15.1. The maximum atomic E-state index is 13.0. The maximum absolute atomic E-state index is 13.0. The lowest BCUT2D eigenvalue weighted by Gasteiger charge is -2.28. The Bertz CT molecular complexity index is 685. The molecule has 12 heteroatoms. The minimum atomic E-state index is -1.62. The molecule has 0 aromatic heterocycles. The molecule has 5 atom stereocenters. The van der Waals surface area contributed by atoms with Gasteiger partial charge in [0.15, 0.2) is 0 Å². The van der Waals surface area contributed by atoms with Crippen molar-refractivity contribution < 1.29 is 34.2 Å². The van der Waals surface area contributed by atoms with Crippen LogP contribution in [0.1, 0.15) is 46.0 Å². The summed E-state index contributed by atoms with van der Waals surface area (Å²) in [5.74, 6) is -4.16. The van der Waals surface area contributed by atoms with Crippen LogP contribution in [0.4, 0.5) is 0 Å². The predicted molar refractivity (Wildman–Crippen MR) is 119 cm³/mol. The first-order valence-electron chi connectivity index (χ1n) is 10.7. The average Bonchev–Trinajstić information content (AvgIpc) is 3.28. The molecule has 0 bridgehead atoms. The molecule has 3 amide bonds. The summed E-state index contributed by atoms with van der Waals surface area (Å²) in [6.45, 7) is 4.43. The van der Waals surface area contributed by atoms with Crippen LogP contribution in [-0.2, 0) is 24.0 Å². The Balaban J connectivity index is 2.92. The summed E-state index contributed by atoms with van der Waals surface area (Å²) in [6, 6.07) is -3.92. The summed E-state index contributed by atoms with van der Waals surface area (Å²) in [6.07, 6.45) is 3.40. The molecule has 0 aliphatic carbocycles. The molecule has 5 unspecified atom stereocenters. The quantitative estimate of drug-likeness (QED) is 0.195. The molecule has 6 N–H and O–H groups in total. The Kier molecular flexibility index (Phi) is 12.1. The zero-order chi connectivity index (χ0) is 24.3. The highest BCUT2D eigenvalue weighted by atomic mass is 32.2. The van der Waals surface area contributed by atoms with Crippen molar-refractivity contribution in [3.05, 3.63) is 0 Å². The van der Waals surface area contributed by atoms with Crippen LogP contribution in [0.25, 0.3) is 0 Å². The van der Waals surface area contributed by atoms with Gasteiger partial charge < -0.3 is 31.5 Å². The van der Waals surface area contributed by atoms with Gasteiger partial charge in [0.25, 0.3) is 0 Å². The fraction of sp³-hybridized carbons (Fsp3) is 0.750. The lowest BCUT2D eigenvalue weighted by molar-refractivity contribution is -0.147. The summed E-state index contributed by atoms with van der Waals surface area (Å²) in [4.78, 5) is 60.4. The number of rotatable bonds is 14. The van der Waals surface area contributed by atoms with Gasteiger partial charge in [-0.15, -0.1) is 0 Å². The molecule has 0 aromatic carbocycles. The number of carbonyl (C=O) groups is 5. The number of hydrogen-bond acceptors (Lipinski definition) is 7. The van der Waals surface area contributed by atoms with Gasteiger partial charge in [-0.25, -0.2) is 4.79 Å². The van der Waals surface area contributed by atoms with E-state index < -0.39 is 48.3 Å². The topological polar surface area (TPSA) is 174 Å². The second-order valence-corrected chi connectivity index (χ2v) is 8.85. The van der Waals surface area contributed by atoms with E-state index in [2.05, 4.69) is 21.3 Å². The number of hydrogen-bond donors (Lipinski definition) is 6. The molecule has 1 saturated heterocycles. The predicted octanol–water partition coefficient (Wildman–Crippen LogP) is -0.449. The molecular formula is C20H34N4O7S. The summed E-state index contributed by atoms with van der Waals surface area (Å²) in [7, 11) is 0. The zero-order valence-corrected chi connectivity index (χ0v) is 19.5. The summed E-state index contributed by atoms with van der Waals surface area (Å²) in [5.41, 5.74) is 0. The second kappa shape index (κ2) is 13.9. The van der Waals surface area contributed by atoms with E-state index in [1.165, 1.54) is 11.8 Å². The van der Waals surface area contributed by atoms with Gasteiger partial charge in [0.2, 0.25) is 17.7 Å². The number of aliphatic carboxylic acids is 2. The molecule has 0 spiro atoms. The molecular weight excluding hydrogens is 440 g/mol. The summed E-state index contributed by atoms with van der Waals surface area (Å²) < 4.78 is 0. The van der Waals surface area contributed by atoms with Gasteiger partial charge in [0.05, 0.1) is 12.5 Å².